The molecule has 0 bridgehead atoms. The number of benzene rings is 1. The molecule has 18 heavy (non-hydrogen) atoms. The molecule has 4 nitrogen and oxygen atoms in total. The number of fused-ring (bicyclic) bond motifs is 1. The maximum Gasteiger partial charge on any atom is 0.0872 e. The van der Waals surface area contributed by atoms with Crippen LogP contribution in [0.25, 0.3) is 10.9 Å². The molecule has 0 saturated carbocycles. The van der Waals surface area contributed by atoms with Gasteiger partial charge in [0, 0.05) is 36.9 Å². The van der Waals surface area contributed by atoms with E-state index in [-0.39, 0.29) is 6.10 Å². The summed E-state index contributed by atoms with van der Waals surface area (Å²) in [6.45, 7) is 3.48. The minimum atomic E-state index is 0.241. The molecule has 1 fully saturated rings. The molecule has 0 spiro atoms. The van der Waals surface area contributed by atoms with Crippen LogP contribution in [0.1, 0.15) is 0 Å². The van der Waals surface area contributed by atoms with Crippen LogP contribution >= 0.6 is 0 Å². The third-order valence-corrected chi connectivity index (χ3v) is 3.17. The van der Waals surface area contributed by atoms with Gasteiger partial charge in [0.15, 0.2) is 0 Å². The average Bonchev–Trinajstić information content (AvgIpc) is 2.46. The third-order valence-electron chi connectivity index (χ3n) is 3.17. The number of hydrogen-bond donors (Lipinski definition) is 2. The SMILES string of the molecule is c1ccc2c(NCC3CNCCO3)ccnc2c1. The van der Waals surface area contributed by atoms with Crippen molar-refractivity contribution in [3.8, 4) is 0 Å². The van der Waals surface area contributed by atoms with Gasteiger partial charge in [0.25, 0.3) is 0 Å². The summed E-state index contributed by atoms with van der Waals surface area (Å²) in [6, 6.07) is 10.2. The molecule has 1 aromatic carbocycles. The minimum absolute atomic E-state index is 0.241. The fourth-order valence-corrected chi connectivity index (χ4v) is 2.22. The monoisotopic (exact) mass is 243 g/mol. The molecule has 4 heteroatoms. The average molecular weight is 243 g/mol. The molecule has 0 amide bonds. The lowest BCUT2D eigenvalue weighted by atomic mass is 10.2. The normalized spacial score (nSPS) is 19.9. The van der Waals surface area contributed by atoms with Gasteiger partial charge >= 0.3 is 0 Å². The number of para-hydroxylation sites is 1. The van der Waals surface area contributed by atoms with E-state index in [1.54, 1.807) is 0 Å². The van der Waals surface area contributed by atoms with E-state index in [9.17, 15) is 0 Å². The summed E-state index contributed by atoms with van der Waals surface area (Å²) in [6.07, 6.45) is 2.08. The molecule has 2 heterocycles. The summed E-state index contributed by atoms with van der Waals surface area (Å²) in [4.78, 5) is 4.35. The Hall–Kier alpha value is -1.65. The highest BCUT2D eigenvalue weighted by Crippen LogP contribution is 2.20. The predicted molar refractivity (Wildman–Crippen MR) is 72.8 cm³/mol. The van der Waals surface area contributed by atoms with E-state index in [0.717, 1.165) is 42.8 Å². The zero-order chi connectivity index (χ0) is 12.2. The van der Waals surface area contributed by atoms with Gasteiger partial charge in [-0.05, 0) is 12.1 Å². The second kappa shape index (κ2) is 5.33. The molecule has 94 valence electrons. The maximum atomic E-state index is 5.67. The van der Waals surface area contributed by atoms with Crippen LogP contribution < -0.4 is 10.6 Å². The van der Waals surface area contributed by atoms with Gasteiger partial charge in [0.2, 0.25) is 0 Å². The first-order valence-corrected chi connectivity index (χ1v) is 6.33. The molecule has 1 atom stereocenters. The first kappa shape index (κ1) is 11.4. The van der Waals surface area contributed by atoms with Crippen LogP contribution in [-0.4, -0.2) is 37.3 Å². The number of anilines is 1. The Labute approximate surface area is 106 Å². The topological polar surface area (TPSA) is 46.2 Å². The second-order valence-corrected chi connectivity index (χ2v) is 4.45. The molecule has 0 radical (unpaired) electrons. The van der Waals surface area contributed by atoms with E-state index in [2.05, 4.69) is 21.7 Å². The minimum Gasteiger partial charge on any atom is -0.382 e. The van der Waals surface area contributed by atoms with Crippen molar-refractivity contribution in [2.45, 2.75) is 6.10 Å². The molecule has 3 rings (SSSR count). The highest BCUT2D eigenvalue weighted by molar-refractivity contribution is 5.90. The standard InChI is InChI=1S/C14H17N3O/c1-2-4-13-12(3-1)14(5-6-16-13)17-10-11-9-15-7-8-18-11/h1-6,11,15H,7-10H2,(H,16,17). The van der Waals surface area contributed by atoms with E-state index < -0.39 is 0 Å². The summed E-state index contributed by atoms with van der Waals surface area (Å²) >= 11 is 0. The van der Waals surface area contributed by atoms with Crippen molar-refractivity contribution in [3.05, 3.63) is 36.5 Å². The third kappa shape index (κ3) is 2.44. The zero-order valence-corrected chi connectivity index (χ0v) is 10.2. The molecule has 1 aliphatic heterocycles. The van der Waals surface area contributed by atoms with E-state index in [0.29, 0.717) is 0 Å². The predicted octanol–water partition coefficient (Wildman–Crippen LogP) is 1.64. The summed E-state index contributed by atoms with van der Waals surface area (Å²) in [5, 5.41) is 7.94. The number of hydrogen-bond acceptors (Lipinski definition) is 4. The first-order valence-electron chi connectivity index (χ1n) is 6.33. The number of nitrogens with zero attached hydrogens (tertiary/aromatic N) is 1. The van der Waals surface area contributed by atoms with Gasteiger partial charge in [-0.2, -0.15) is 0 Å². The van der Waals surface area contributed by atoms with Gasteiger partial charge in [-0.1, -0.05) is 18.2 Å². The highest BCUT2D eigenvalue weighted by Gasteiger charge is 2.13. The molecule has 2 N–H and O–H groups in total. The Kier molecular flexibility index (Phi) is 3.39. The van der Waals surface area contributed by atoms with Crippen molar-refractivity contribution in [2.24, 2.45) is 0 Å². The Balaban J connectivity index is 1.74. The van der Waals surface area contributed by atoms with E-state index in [4.69, 9.17) is 4.74 Å². The van der Waals surface area contributed by atoms with E-state index >= 15 is 0 Å². The Bertz CT molecular complexity index is 518. The van der Waals surface area contributed by atoms with E-state index in [1.165, 1.54) is 0 Å². The lowest BCUT2D eigenvalue weighted by Gasteiger charge is -2.24. The lowest BCUT2D eigenvalue weighted by molar-refractivity contribution is 0.0372. The Morgan fingerprint density at radius 1 is 1.33 bits per heavy atom. The molecular formula is C14H17N3O. The lowest BCUT2D eigenvalue weighted by Crippen LogP contribution is -2.42. The fourth-order valence-electron chi connectivity index (χ4n) is 2.22. The number of pyridine rings is 1. The van der Waals surface area contributed by atoms with Crippen LogP contribution in [0.4, 0.5) is 5.69 Å². The number of nitrogens with one attached hydrogen (secondary N) is 2. The summed E-state index contributed by atoms with van der Waals surface area (Å²) in [7, 11) is 0. The summed E-state index contributed by atoms with van der Waals surface area (Å²) in [5.74, 6) is 0. The van der Waals surface area contributed by atoms with Crippen molar-refractivity contribution in [2.75, 3.05) is 31.6 Å². The Morgan fingerprint density at radius 2 is 2.28 bits per heavy atom. The van der Waals surface area contributed by atoms with Crippen LogP contribution in [0.15, 0.2) is 36.5 Å². The highest BCUT2D eigenvalue weighted by atomic mass is 16.5. The van der Waals surface area contributed by atoms with Crippen LogP contribution in [0.3, 0.4) is 0 Å². The van der Waals surface area contributed by atoms with Gasteiger partial charge in [0.05, 0.1) is 18.2 Å². The van der Waals surface area contributed by atoms with Gasteiger partial charge in [-0.3, -0.25) is 4.98 Å². The van der Waals surface area contributed by atoms with E-state index in [1.807, 2.05) is 30.5 Å². The van der Waals surface area contributed by atoms with Crippen LogP contribution in [0, 0.1) is 0 Å². The molecule has 1 saturated heterocycles. The smallest absolute Gasteiger partial charge is 0.0872 e. The first-order chi connectivity index (χ1) is 8.93. The number of rotatable bonds is 3. The largest absolute Gasteiger partial charge is 0.382 e. The van der Waals surface area contributed by atoms with Crippen LogP contribution in [-0.2, 0) is 4.74 Å². The van der Waals surface area contributed by atoms with Gasteiger partial charge in [-0.25, -0.2) is 0 Å². The molecule has 2 aromatic rings. The zero-order valence-electron chi connectivity index (χ0n) is 10.2. The number of ether oxygens (including phenoxy) is 1. The van der Waals surface area contributed by atoms with Gasteiger partial charge in [-0.15, -0.1) is 0 Å². The van der Waals surface area contributed by atoms with Gasteiger partial charge < -0.3 is 15.4 Å². The van der Waals surface area contributed by atoms with Crippen LogP contribution in [0.5, 0.6) is 0 Å². The van der Waals surface area contributed by atoms with Crippen molar-refractivity contribution < 1.29 is 4.74 Å². The fraction of sp³-hybridized carbons (Fsp3) is 0.357. The molecule has 1 aliphatic rings. The molecule has 1 unspecified atom stereocenters. The van der Waals surface area contributed by atoms with Crippen molar-refractivity contribution in [1.82, 2.24) is 10.3 Å². The number of morpholine rings is 1. The summed E-state index contributed by atoms with van der Waals surface area (Å²) < 4.78 is 5.67. The van der Waals surface area contributed by atoms with Gasteiger partial charge in [0.1, 0.15) is 0 Å². The number of aromatic nitrogens is 1. The molecular weight excluding hydrogens is 226 g/mol. The quantitative estimate of drug-likeness (QED) is 0.860. The molecule has 1 aromatic heterocycles. The van der Waals surface area contributed by atoms with Crippen LogP contribution in [0.2, 0.25) is 0 Å². The van der Waals surface area contributed by atoms with Crippen molar-refractivity contribution >= 4 is 16.6 Å². The molecule has 0 aliphatic carbocycles. The van der Waals surface area contributed by atoms with Crippen molar-refractivity contribution in [1.29, 1.82) is 0 Å². The van der Waals surface area contributed by atoms with Crippen molar-refractivity contribution in [3.63, 3.8) is 0 Å². The Morgan fingerprint density at radius 3 is 3.17 bits per heavy atom. The summed E-state index contributed by atoms with van der Waals surface area (Å²) in [5.41, 5.74) is 2.14. The second-order valence-electron chi connectivity index (χ2n) is 4.45. The maximum absolute atomic E-state index is 5.67.